The Kier molecular flexibility index (Phi) is 3.54. The summed E-state index contributed by atoms with van der Waals surface area (Å²) in [5.41, 5.74) is 5.59. The molecule has 2 N–H and O–H groups in total. The fourth-order valence-electron chi connectivity index (χ4n) is 3.28. The van der Waals surface area contributed by atoms with Crippen LogP contribution in [0, 0.1) is 0 Å². The van der Waals surface area contributed by atoms with E-state index in [1.54, 1.807) is 19.4 Å². The number of thiocarbonyl (C=S) groups is 1. The van der Waals surface area contributed by atoms with Gasteiger partial charge in [-0.05, 0) is 42.5 Å². The molecule has 0 aliphatic rings. The highest BCUT2D eigenvalue weighted by Crippen LogP contribution is 2.32. The third-order valence-corrected chi connectivity index (χ3v) is 4.81. The molecular formula is C20H14N6S. The first-order chi connectivity index (χ1) is 13.2. The Morgan fingerprint density at radius 2 is 1.44 bits per heavy atom. The number of hydrogen-bond donors (Lipinski definition) is 2. The van der Waals surface area contributed by atoms with Crippen LogP contribution in [0.3, 0.4) is 0 Å². The monoisotopic (exact) mass is 370 g/mol. The van der Waals surface area contributed by atoms with Crippen LogP contribution in [0.5, 0.6) is 0 Å². The van der Waals surface area contributed by atoms with Gasteiger partial charge in [-0.1, -0.05) is 12.1 Å². The van der Waals surface area contributed by atoms with Crippen LogP contribution in [0.15, 0.2) is 54.9 Å². The van der Waals surface area contributed by atoms with Crippen LogP contribution >= 0.6 is 12.2 Å². The van der Waals surface area contributed by atoms with Gasteiger partial charge >= 0.3 is 0 Å². The van der Waals surface area contributed by atoms with Gasteiger partial charge in [-0.15, -0.1) is 0 Å². The molecule has 0 saturated heterocycles. The zero-order chi connectivity index (χ0) is 18.4. The lowest BCUT2D eigenvalue weighted by molar-refractivity contribution is 1.20. The van der Waals surface area contributed by atoms with E-state index < -0.39 is 0 Å². The van der Waals surface area contributed by atoms with Gasteiger partial charge < -0.3 is 10.6 Å². The Hall–Kier alpha value is -3.45. The normalized spacial score (nSPS) is 11.3. The largest absolute Gasteiger partial charge is 0.366 e. The van der Waals surface area contributed by atoms with Crippen LogP contribution in [-0.2, 0) is 0 Å². The van der Waals surface area contributed by atoms with Gasteiger partial charge in [-0.3, -0.25) is 9.97 Å². The van der Waals surface area contributed by atoms with E-state index in [1.807, 2.05) is 42.5 Å². The molecule has 0 unspecified atom stereocenters. The van der Waals surface area contributed by atoms with E-state index in [4.69, 9.17) is 22.2 Å². The van der Waals surface area contributed by atoms with Crippen molar-refractivity contribution in [2.45, 2.75) is 0 Å². The Balaban J connectivity index is 1.88. The summed E-state index contributed by atoms with van der Waals surface area (Å²) in [6, 6.07) is 13.7. The molecule has 130 valence electrons. The van der Waals surface area contributed by atoms with Crippen LogP contribution in [0.25, 0.3) is 43.9 Å². The molecule has 2 aromatic carbocycles. The lowest BCUT2D eigenvalue weighted by Gasteiger charge is -2.10. The van der Waals surface area contributed by atoms with Crippen LogP contribution in [0.4, 0.5) is 5.69 Å². The summed E-state index contributed by atoms with van der Waals surface area (Å²) in [6.45, 7) is 0. The predicted octanol–water partition coefficient (Wildman–Crippen LogP) is 3.80. The second-order valence-electron chi connectivity index (χ2n) is 6.13. The summed E-state index contributed by atoms with van der Waals surface area (Å²) in [7, 11) is 1.78. The third kappa shape index (κ3) is 2.51. The smallest absolute Gasteiger partial charge is 0.170 e. The fourth-order valence-corrected chi connectivity index (χ4v) is 3.40. The Morgan fingerprint density at radius 3 is 2.07 bits per heavy atom. The number of nitrogens with zero attached hydrogens (tertiary/aromatic N) is 4. The minimum atomic E-state index is 0.547. The number of benzene rings is 2. The van der Waals surface area contributed by atoms with Gasteiger partial charge in [0.15, 0.2) is 5.11 Å². The Labute approximate surface area is 159 Å². The molecule has 5 aromatic rings. The molecule has 7 heteroatoms. The van der Waals surface area contributed by atoms with Crippen LogP contribution < -0.4 is 10.6 Å². The molecule has 0 aliphatic heterocycles. The first-order valence-corrected chi connectivity index (χ1v) is 8.87. The average molecular weight is 370 g/mol. The molecule has 6 nitrogen and oxygen atoms in total. The summed E-state index contributed by atoms with van der Waals surface area (Å²) in [5.74, 6) is 0. The zero-order valence-electron chi connectivity index (χ0n) is 14.4. The molecule has 0 spiro atoms. The molecule has 0 amide bonds. The van der Waals surface area contributed by atoms with E-state index in [0.29, 0.717) is 5.11 Å². The van der Waals surface area contributed by atoms with Gasteiger partial charge in [0.05, 0.1) is 22.1 Å². The summed E-state index contributed by atoms with van der Waals surface area (Å²) in [5, 5.41) is 8.62. The molecule has 0 aliphatic carbocycles. The highest BCUT2D eigenvalue weighted by atomic mass is 32.1. The van der Waals surface area contributed by atoms with Crippen LogP contribution in [0.2, 0.25) is 0 Å². The molecule has 5 rings (SSSR count). The van der Waals surface area contributed by atoms with Crippen molar-refractivity contribution in [3.8, 4) is 0 Å². The van der Waals surface area contributed by atoms with E-state index in [0.717, 1.165) is 49.6 Å². The minimum Gasteiger partial charge on any atom is -0.366 e. The summed E-state index contributed by atoms with van der Waals surface area (Å²) >= 11 is 5.18. The van der Waals surface area contributed by atoms with E-state index >= 15 is 0 Å². The maximum absolute atomic E-state index is 5.18. The molecule has 0 saturated carbocycles. The van der Waals surface area contributed by atoms with Gasteiger partial charge in [0, 0.05) is 35.9 Å². The standard InChI is InChI=1S/C20H14N6S/c1-21-20(27)24-11-6-7-14-15(10-11)26-19-17-13(5-3-9-23-17)12-4-2-8-22-16(12)18(19)25-14/h2-10H,1H3,(H2,21,24,27). The van der Waals surface area contributed by atoms with E-state index in [-0.39, 0.29) is 0 Å². The van der Waals surface area contributed by atoms with Crippen LogP contribution in [0.1, 0.15) is 0 Å². The van der Waals surface area contributed by atoms with Gasteiger partial charge in [0.25, 0.3) is 0 Å². The maximum atomic E-state index is 5.18. The van der Waals surface area contributed by atoms with Crippen molar-refractivity contribution in [1.82, 2.24) is 25.3 Å². The zero-order valence-corrected chi connectivity index (χ0v) is 15.2. The molecule has 0 bridgehead atoms. The number of hydrogen-bond acceptors (Lipinski definition) is 5. The molecule has 0 fully saturated rings. The topological polar surface area (TPSA) is 75.6 Å². The van der Waals surface area contributed by atoms with Gasteiger partial charge in [0.1, 0.15) is 11.0 Å². The van der Waals surface area contributed by atoms with Crippen molar-refractivity contribution in [2.75, 3.05) is 12.4 Å². The highest BCUT2D eigenvalue weighted by Gasteiger charge is 2.14. The summed E-state index contributed by atoms with van der Waals surface area (Å²) in [6.07, 6.45) is 3.56. The van der Waals surface area contributed by atoms with Crippen molar-refractivity contribution in [3.63, 3.8) is 0 Å². The molecule has 0 radical (unpaired) electrons. The second kappa shape index (κ2) is 6.07. The van der Waals surface area contributed by atoms with Gasteiger partial charge in [-0.2, -0.15) is 0 Å². The minimum absolute atomic E-state index is 0.547. The third-order valence-electron chi connectivity index (χ3n) is 4.50. The Bertz CT molecular complexity index is 1360. The van der Waals surface area contributed by atoms with E-state index in [1.165, 1.54) is 0 Å². The second-order valence-corrected chi connectivity index (χ2v) is 6.54. The van der Waals surface area contributed by atoms with Gasteiger partial charge in [-0.25, -0.2) is 9.97 Å². The molecular weight excluding hydrogens is 356 g/mol. The fraction of sp³-hybridized carbons (Fsp3) is 0.0500. The lowest BCUT2D eigenvalue weighted by atomic mass is 10.1. The number of aromatic nitrogens is 4. The molecule has 3 heterocycles. The Morgan fingerprint density at radius 1 is 0.815 bits per heavy atom. The van der Waals surface area contributed by atoms with Crippen molar-refractivity contribution in [1.29, 1.82) is 0 Å². The van der Waals surface area contributed by atoms with Crippen molar-refractivity contribution in [3.05, 3.63) is 54.9 Å². The number of pyridine rings is 2. The molecule has 3 aromatic heterocycles. The van der Waals surface area contributed by atoms with E-state index in [9.17, 15) is 0 Å². The predicted molar refractivity (Wildman–Crippen MR) is 113 cm³/mol. The first kappa shape index (κ1) is 15.8. The SMILES string of the molecule is CNC(=S)Nc1ccc2nc3c4ncccc4c4cccnc4c3nc2c1. The van der Waals surface area contributed by atoms with Gasteiger partial charge in [0.2, 0.25) is 0 Å². The van der Waals surface area contributed by atoms with Crippen molar-refractivity contribution in [2.24, 2.45) is 0 Å². The maximum Gasteiger partial charge on any atom is 0.170 e. The quantitative estimate of drug-likeness (QED) is 0.264. The number of anilines is 1. The average Bonchev–Trinajstić information content (AvgIpc) is 2.72. The first-order valence-electron chi connectivity index (χ1n) is 8.46. The molecule has 0 atom stereocenters. The van der Waals surface area contributed by atoms with Crippen molar-refractivity contribution >= 4 is 66.9 Å². The van der Waals surface area contributed by atoms with E-state index in [2.05, 4.69) is 20.6 Å². The lowest BCUT2D eigenvalue weighted by Crippen LogP contribution is -2.24. The molecule has 27 heavy (non-hydrogen) atoms. The number of fused-ring (bicyclic) bond motifs is 7. The number of rotatable bonds is 1. The van der Waals surface area contributed by atoms with Crippen LogP contribution in [-0.4, -0.2) is 32.1 Å². The summed E-state index contributed by atoms with van der Waals surface area (Å²) < 4.78 is 0. The number of nitrogens with one attached hydrogen (secondary N) is 2. The summed E-state index contributed by atoms with van der Waals surface area (Å²) in [4.78, 5) is 18.9. The highest BCUT2D eigenvalue weighted by molar-refractivity contribution is 7.80. The van der Waals surface area contributed by atoms with Crippen molar-refractivity contribution < 1.29 is 0 Å².